The van der Waals surface area contributed by atoms with Gasteiger partial charge in [0, 0.05) is 37.8 Å². The Balaban J connectivity index is 1.51. The second-order valence-electron chi connectivity index (χ2n) is 8.04. The van der Waals surface area contributed by atoms with Crippen molar-refractivity contribution in [2.24, 2.45) is 0 Å². The molecular weight excluding hydrogens is 373 g/mol. The van der Waals surface area contributed by atoms with Gasteiger partial charge in [0.2, 0.25) is 11.9 Å². The first-order valence-electron chi connectivity index (χ1n) is 10.00. The van der Waals surface area contributed by atoms with Crippen LogP contribution < -0.4 is 15.8 Å². The van der Waals surface area contributed by atoms with Crippen molar-refractivity contribution >= 4 is 11.9 Å². The molecule has 1 aromatic heterocycles. The maximum Gasteiger partial charge on any atom is 0.252 e. The fourth-order valence-electron chi connectivity index (χ4n) is 3.85. The van der Waals surface area contributed by atoms with Gasteiger partial charge in [-0.3, -0.25) is 14.6 Å². The summed E-state index contributed by atoms with van der Waals surface area (Å²) in [6, 6.07) is 7.37. The van der Waals surface area contributed by atoms with Crippen molar-refractivity contribution in [1.82, 2.24) is 20.2 Å². The number of anilines is 1. The van der Waals surface area contributed by atoms with E-state index in [1.807, 2.05) is 4.90 Å². The largest absolute Gasteiger partial charge is 0.347 e. The molecule has 2 fully saturated rings. The van der Waals surface area contributed by atoms with Crippen molar-refractivity contribution in [1.29, 1.82) is 0 Å². The van der Waals surface area contributed by atoms with Crippen LogP contribution in [0.5, 0.6) is 0 Å². The molecule has 1 aliphatic carbocycles. The molecule has 0 radical (unpaired) electrons. The van der Waals surface area contributed by atoms with Crippen LogP contribution in [-0.4, -0.2) is 54.0 Å². The van der Waals surface area contributed by atoms with Gasteiger partial charge in [0.1, 0.15) is 5.82 Å². The molecule has 1 saturated carbocycles. The molecule has 154 valence electrons. The summed E-state index contributed by atoms with van der Waals surface area (Å²) in [5, 5.41) is 2.94. The van der Waals surface area contributed by atoms with Gasteiger partial charge in [0.15, 0.2) is 0 Å². The Labute approximate surface area is 168 Å². The Bertz CT molecular complexity index is 964. The van der Waals surface area contributed by atoms with E-state index in [2.05, 4.69) is 27.2 Å². The minimum absolute atomic E-state index is 0.224. The molecule has 2 aliphatic rings. The Morgan fingerprint density at radius 3 is 2.59 bits per heavy atom. The highest BCUT2D eigenvalue weighted by Gasteiger charge is 2.52. The zero-order valence-electron chi connectivity index (χ0n) is 16.7. The van der Waals surface area contributed by atoms with Gasteiger partial charge in [0.05, 0.1) is 17.2 Å². The van der Waals surface area contributed by atoms with Gasteiger partial charge in [-0.1, -0.05) is 18.2 Å². The fourth-order valence-corrected chi connectivity index (χ4v) is 3.85. The highest BCUT2D eigenvalue weighted by molar-refractivity contribution is 5.91. The molecule has 0 spiro atoms. The van der Waals surface area contributed by atoms with Gasteiger partial charge in [0.25, 0.3) is 5.56 Å². The van der Waals surface area contributed by atoms with Gasteiger partial charge in [-0.2, -0.15) is 0 Å². The third kappa shape index (κ3) is 3.89. The average molecular weight is 399 g/mol. The summed E-state index contributed by atoms with van der Waals surface area (Å²) < 4.78 is 14.2. The van der Waals surface area contributed by atoms with E-state index in [-0.39, 0.29) is 17.3 Å². The van der Waals surface area contributed by atoms with Crippen LogP contribution in [0.4, 0.5) is 10.3 Å². The number of likely N-dealkylation sites (N-methyl/N-ethyl adjacent to an activating group) is 1. The maximum absolute atomic E-state index is 14.2. The van der Waals surface area contributed by atoms with Crippen LogP contribution in [0.1, 0.15) is 37.1 Å². The lowest BCUT2D eigenvalue weighted by Gasteiger charge is -2.33. The van der Waals surface area contributed by atoms with Crippen LogP contribution in [0.15, 0.2) is 35.1 Å². The lowest BCUT2D eigenvalue weighted by molar-refractivity contribution is -0.124. The van der Waals surface area contributed by atoms with E-state index in [1.54, 1.807) is 25.1 Å². The highest BCUT2D eigenvalue weighted by atomic mass is 19.1. The van der Waals surface area contributed by atoms with Crippen molar-refractivity contribution in [2.45, 2.75) is 31.2 Å². The van der Waals surface area contributed by atoms with Gasteiger partial charge in [-0.05, 0) is 32.9 Å². The van der Waals surface area contributed by atoms with Crippen LogP contribution in [0.25, 0.3) is 0 Å². The number of rotatable bonds is 5. The predicted molar refractivity (Wildman–Crippen MR) is 108 cm³/mol. The molecule has 8 heteroatoms. The monoisotopic (exact) mass is 399 g/mol. The number of nitrogens with one attached hydrogen (secondary N) is 2. The topological polar surface area (TPSA) is 81.3 Å². The smallest absolute Gasteiger partial charge is 0.252 e. The quantitative estimate of drug-likeness (QED) is 0.798. The first kappa shape index (κ1) is 19.6. The van der Waals surface area contributed by atoms with E-state index in [1.165, 1.54) is 12.1 Å². The third-order valence-corrected chi connectivity index (χ3v) is 5.92. The predicted octanol–water partition coefficient (Wildman–Crippen LogP) is 1.57. The molecule has 1 amide bonds. The second-order valence-corrected chi connectivity index (χ2v) is 8.04. The summed E-state index contributed by atoms with van der Waals surface area (Å²) in [6.45, 7) is 5.14. The summed E-state index contributed by atoms with van der Waals surface area (Å²) in [4.78, 5) is 36.8. The van der Waals surface area contributed by atoms with E-state index in [4.69, 9.17) is 0 Å². The number of hydrogen-bond acceptors (Lipinski definition) is 5. The zero-order valence-corrected chi connectivity index (χ0v) is 16.7. The number of carbonyl (C=O) groups excluding carboxylic acids is 1. The van der Waals surface area contributed by atoms with Crippen LogP contribution in [0.3, 0.4) is 0 Å². The molecule has 4 rings (SSSR count). The molecule has 29 heavy (non-hydrogen) atoms. The number of nitrogens with zero attached hydrogens (tertiary/aromatic N) is 3. The average Bonchev–Trinajstić information content (AvgIpc) is 3.50. The van der Waals surface area contributed by atoms with Gasteiger partial charge in [-0.15, -0.1) is 0 Å². The number of aromatic amines is 1. The van der Waals surface area contributed by atoms with E-state index in [9.17, 15) is 14.0 Å². The number of amides is 1. The second kappa shape index (κ2) is 7.59. The molecular formula is C21H26FN5O2. The molecule has 0 bridgehead atoms. The molecule has 1 aromatic carbocycles. The van der Waals surface area contributed by atoms with Crippen molar-refractivity contribution in [3.05, 3.63) is 57.8 Å². The third-order valence-electron chi connectivity index (χ3n) is 5.92. The van der Waals surface area contributed by atoms with Gasteiger partial charge in [-0.25, -0.2) is 9.37 Å². The molecule has 7 nitrogen and oxygen atoms in total. The number of piperazine rings is 1. The first-order chi connectivity index (χ1) is 13.9. The Morgan fingerprint density at radius 1 is 1.24 bits per heavy atom. The molecule has 1 saturated heterocycles. The van der Waals surface area contributed by atoms with Crippen molar-refractivity contribution in [2.75, 3.05) is 38.1 Å². The molecule has 0 unspecified atom stereocenters. The summed E-state index contributed by atoms with van der Waals surface area (Å²) in [6.07, 6.45) is 1.23. The number of hydrogen-bond donors (Lipinski definition) is 2. The van der Waals surface area contributed by atoms with Crippen molar-refractivity contribution in [3.63, 3.8) is 0 Å². The Morgan fingerprint density at radius 2 is 1.93 bits per heavy atom. The summed E-state index contributed by atoms with van der Waals surface area (Å²) in [5.74, 6) is -0.0605. The van der Waals surface area contributed by atoms with Crippen LogP contribution >= 0.6 is 0 Å². The number of benzene rings is 1. The number of aromatic nitrogens is 2. The number of halogens is 1. The lowest BCUT2D eigenvalue weighted by atomic mass is 9.94. The van der Waals surface area contributed by atoms with Crippen LogP contribution in [0.2, 0.25) is 0 Å². The van der Waals surface area contributed by atoms with E-state index >= 15 is 0 Å². The Kier molecular flexibility index (Phi) is 5.12. The number of carbonyl (C=O) groups is 1. The summed E-state index contributed by atoms with van der Waals surface area (Å²) >= 11 is 0. The van der Waals surface area contributed by atoms with Crippen molar-refractivity contribution in [3.8, 4) is 0 Å². The minimum Gasteiger partial charge on any atom is -0.347 e. The highest BCUT2D eigenvalue weighted by Crippen LogP contribution is 2.49. The minimum atomic E-state index is -0.818. The normalized spacial score (nSPS) is 19.6. The number of H-pyrrole nitrogens is 1. The molecule has 2 aromatic rings. The van der Waals surface area contributed by atoms with Crippen molar-refractivity contribution < 1.29 is 9.18 Å². The Hall–Kier alpha value is -2.74. The zero-order chi connectivity index (χ0) is 20.6. The van der Waals surface area contributed by atoms with Crippen LogP contribution in [-0.2, 0) is 10.2 Å². The van der Waals surface area contributed by atoms with E-state index in [0.717, 1.165) is 26.2 Å². The van der Waals surface area contributed by atoms with Gasteiger partial charge < -0.3 is 15.1 Å². The first-order valence-corrected chi connectivity index (χ1v) is 10.00. The van der Waals surface area contributed by atoms with Gasteiger partial charge >= 0.3 is 0 Å². The molecule has 2 heterocycles. The fraction of sp³-hybridized carbons (Fsp3) is 0.476. The maximum atomic E-state index is 14.2. The van der Waals surface area contributed by atoms with Crippen LogP contribution in [0, 0.1) is 5.82 Å². The molecule has 1 atom stereocenters. The SMILES string of the molecule is C[C@H](NC(=O)C1(c2ccccc2F)CC1)c1cc(=O)[nH]c(N2CCN(C)CC2)n1. The summed E-state index contributed by atoms with van der Waals surface area (Å²) in [7, 11) is 2.06. The lowest BCUT2D eigenvalue weighted by Crippen LogP contribution is -2.45. The standard InChI is InChI=1S/C21H26FN5O2/c1-14(23-19(29)21(7-8-21)15-5-3-4-6-16(15)22)17-13-18(28)25-20(24-17)27-11-9-26(2)10-12-27/h3-6,13-14H,7-12H2,1-2H3,(H,23,29)(H,24,25,28)/t14-/m0/s1. The summed E-state index contributed by atoms with van der Waals surface area (Å²) in [5.41, 5.74) is -0.136. The van der Waals surface area contributed by atoms with E-state index in [0.29, 0.717) is 30.0 Å². The molecule has 1 aliphatic heterocycles. The molecule has 2 N–H and O–H groups in total. The van der Waals surface area contributed by atoms with E-state index < -0.39 is 11.5 Å².